The van der Waals surface area contributed by atoms with Crippen molar-refractivity contribution in [1.82, 2.24) is 25.1 Å². The van der Waals surface area contributed by atoms with Crippen LogP contribution in [0.25, 0.3) is 0 Å². The van der Waals surface area contributed by atoms with Crippen molar-refractivity contribution in [3.63, 3.8) is 0 Å². The maximum atomic E-state index is 12.4. The minimum atomic E-state index is -0.285. The smallest absolute Gasteiger partial charge is 0.272 e. The van der Waals surface area contributed by atoms with Crippen molar-refractivity contribution >= 4 is 11.7 Å². The highest BCUT2D eigenvalue weighted by Crippen LogP contribution is 2.26. The Morgan fingerprint density at radius 1 is 1.36 bits per heavy atom. The fourth-order valence-corrected chi connectivity index (χ4v) is 2.46. The molecule has 1 fully saturated rings. The van der Waals surface area contributed by atoms with Crippen LogP contribution in [-0.2, 0) is 4.74 Å². The van der Waals surface area contributed by atoms with Gasteiger partial charge in [-0.25, -0.2) is 4.98 Å². The molecule has 8 heteroatoms. The second-order valence-electron chi connectivity index (χ2n) is 5.24. The van der Waals surface area contributed by atoms with Gasteiger partial charge in [-0.3, -0.25) is 14.9 Å². The molecule has 0 bridgehead atoms. The number of hydrogen-bond donors (Lipinski definition) is 1. The molecule has 116 valence electrons. The van der Waals surface area contributed by atoms with Gasteiger partial charge in [0.2, 0.25) is 0 Å². The molecule has 1 aliphatic heterocycles. The molecule has 0 unspecified atom stereocenters. The molecule has 0 spiro atoms. The molecule has 8 nitrogen and oxygen atoms in total. The SMILES string of the molecule is CN(C)c1nccnc1[C@H]1CN(C(=O)c2ccn[nH]2)CCO1. The maximum Gasteiger partial charge on any atom is 0.272 e. The van der Waals surface area contributed by atoms with E-state index in [1.54, 1.807) is 29.6 Å². The van der Waals surface area contributed by atoms with Gasteiger partial charge < -0.3 is 14.5 Å². The number of hydrogen-bond acceptors (Lipinski definition) is 6. The lowest BCUT2D eigenvalue weighted by Crippen LogP contribution is -2.43. The first kappa shape index (κ1) is 14.5. The van der Waals surface area contributed by atoms with Gasteiger partial charge in [0, 0.05) is 39.2 Å². The first-order valence-electron chi connectivity index (χ1n) is 7.05. The molecule has 0 radical (unpaired) electrons. The molecular formula is C14H18N6O2. The van der Waals surface area contributed by atoms with E-state index in [2.05, 4.69) is 20.2 Å². The summed E-state index contributed by atoms with van der Waals surface area (Å²) in [7, 11) is 3.81. The van der Waals surface area contributed by atoms with Crippen LogP contribution in [0.3, 0.4) is 0 Å². The minimum Gasteiger partial charge on any atom is -0.368 e. The summed E-state index contributed by atoms with van der Waals surface area (Å²) >= 11 is 0. The molecule has 1 saturated heterocycles. The standard InChI is InChI=1S/C14H18N6O2/c1-19(2)13-12(15-5-6-16-13)11-9-20(7-8-22-11)14(21)10-3-4-17-18-10/h3-6,11H,7-9H2,1-2H3,(H,17,18)/t11-/m1/s1. The number of morpholine rings is 1. The van der Waals surface area contributed by atoms with Gasteiger partial charge in [-0.05, 0) is 6.07 Å². The zero-order chi connectivity index (χ0) is 15.5. The van der Waals surface area contributed by atoms with E-state index in [0.717, 1.165) is 11.5 Å². The summed E-state index contributed by atoms with van der Waals surface area (Å²) in [5.41, 5.74) is 1.22. The summed E-state index contributed by atoms with van der Waals surface area (Å²) in [5.74, 6) is 0.671. The van der Waals surface area contributed by atoms with Crippen LogP contribution in [-0.4, -0.2) is 64.8 Å². The lowest BCUT2D eigenvalue weighted by atomic mass is 10.2. The molecular weight excluding hydrogens is 284 g/mol. The maximum absolute atomic E-state index is 12.4. The average molecular weight is 302 g/mol. The van der Waals surface area contributed by atoms with E-state index in [9.17, 15) is 4.79 Å². The molecule has 1 atom stereocenters. The van der Waals surface area contributed by atoms with Gasteiger partial charge in [-0.15, -0.1) is 0 Å². The van der Waals surface area contributed by atoms with Crippen LogP contribution in [0, 0.1) is 0 Å². The van der Waals surface area contributed by atoms with Crippen LogP contribution in [0.5, 0.6) is 0 Å². The topological polar surface area (TPSA) is 87.2 Å². The van der Waals surface area contributed by atoms with Crippen molar-refractivity contribution in [1.29, 1.82) is 0 Å². The lowest BCUT2D eigenvalue weighted by Gasteiger charge is -2.33. The minimum absolute atomic E-state index is 0.0823. The highest BCUT2D eigenvalue weighted by molar-refractivity contribution is 5.92. The molecule has 2 aromatic rings. The van der Waals surface area contributed by atoms with Crippen LogP contribution in [0.15, 0.2) is 24.7 Å². The van der Waals surface area contributed by atoms with Crippen molar-refractivity contribution in [2.45, 2.75) is 6.10 Å². The molecule has 22 heavy (non-hydrogen) atoms. The molecule has 1 aliphatic rings. The predicted molar refractivity (Wildman–Crippen MR) is 79.5 cm³/mol. The molecule has 2 aromatic heterocycles. The van der Waals surface area contributed by atoms with Gasteiger partial charge in [0.25, 0.3) is 5.91 Å². The summed E-state index contributed by atoms with van der Waals surface area (Å²) in [6.07, 6.45) is 4.57. The van der Waals surface area contributed by atoms with E-state index in [4.69, 9.17) is 4.74 Å². The quantitative estimate of drug-likeness (QED) is 0.887. The number of ether oxygens (including phenoxy) is 1. The Labute approximate surface area is 128 Å². The van der Waals surface area contributed by atoms with Crippen molar-refractivity contribution in [3.05, 3.63) is 36.0 Å². The Morgan fingerprint density at radius 2 is 2.18 bits per heavy atom. The van der Waals surface area contributed by atoms with E-state index >= 15 is 0 Å². The Hall–Kier alpha value is -2.48. The van der Waals surface area contributed by atoms with Crippen molar-refractivity contribution in [2.24, 2.45) is 0 Å². The van der Waals surface area contributed by atoms with Gasteiger partial charge in [-0.1, -0.05) is 0 Å². The van der Waals surface area contributed by atoms with E-state index in [0.29, 0.717) is 25.4 Å². The Kier molecular flexibility index (Phi) is 4.01. The number of aromatic nitrogens is 4. The molecule has 1 N–H and O–H groups in total. The van der Waals surface area contributed by atoms with Crippen molar-refractivity contribution in [2.75, 3.05) is 38.7 Å². The van der Waals surface area contributed by atoms with E-state index in [-0.39, 0.29) is 12.0 Å². The molecule has 1 amide bonds. The number of nitrogens with zero attached hydrogens (tertiary/aromatic N) is 5. The first-order valence-corrected chi connectivity index (χ1v) is 7.05. The summed E-state index contributed by atoms with van der Waals surface area (Å²) in [6, 6.07) is 1.67. The number of H-pyrrole nitrogens is 1. The van der Waals surface area contributed by atoms with Crippen LogP contribution in [0.2, 0.25) is 0 Å². The largest absolute Gasteiger partial charge is 0.368 e. The number of aromatic amines is 1. The Morgan fingerprint density at radius 3 is 2.91 bits per heavy atom. The van der Waals surface area contributed by atoms with Crippen molar-refractivity contribution in [3.8, 4) is 0 Å². The molecule has 0 aliphatic carbocycles. The molecule has 3 rings (SSSR count). The molecule has 3 heterocycles. The zero-order valence-electron chi connectivity index (χ0n) is 12.6. The monoisotopic (exact) mass is 302 g/mol. The Bertz CT molecular complexity index is 643. The number of amides is 1. The van der Waals surface area contributed by atoms with E-state index < -0.39 is 0 Å². The predicted octanol–water partition coefficient (Wildman–Crippen LogP) is 0.479. The normalized spacial score (nSPS) is 18.3. The van der Waals surface area contributed by atoms with Crippen molar-refractivity contribution < 1.29 is 9.53 Å². The zero-order valence-corrected chi connectivity index (χ0v) is 12.6. The molecule has 0 saturated carbocycles. The van der Waals surface area contributed by atoms with Crippen LogP contribution >= 0.6 is 0 Å². The average Bonchev–Trinajstić information content (AvgIpc) is 3.08. The van der Waals surface area contributed by atoms with Crippen LogP contribution in [0.4, 0.5) is 5.82 Å². The fraction of sp³-hybridized carbons (Fsp3) is 0.429. The van der Waals surface area contributed by atoms with Gasteiger partial charge in [-0.2, -0.15) is 5.10 Å². The van der Waals surface area contributed by atoms with E-state index in [1.165, 1.54) is 0 Å². The van der Waals surface area contributed by atoms with E-state index in [1.807, 2.05) is 19.0 Å². The fourth-order valence-electron chi connectivity index (χ4n) is 2.46. The first-order chi connectivity index (χ1) is 10.7. The van der Waals surface area contributed by atoms with Gasteiger partial charge in [0.05, 0.1) is 13.2 Å². The number of nitrogens with one attached hydrogen (secondary N) is 1. The second kappa shape index (κ2) is 6.10. The number of rotatable bonds is 3. The summed E-state index contributed by atoms with van der Waals surface area (Å²) in [5, 5.41) is 6.52. The third-order valence-corrected chi connectivity index (χ3v) is 3.52. The number of carbonyl (C=O) groups is 1. The summed E-state index contributed by atoms with van der Waals surface area (Å²) < 4.78 is 5.80. The third-order valence-electron chi connectivity index (χ3n) is 3.52. The highest BCUT2D eigenvalue weighted by atomic mass is 16.5. The number of anilines is 1. The van der Waals surface area contributed by atoms with Crippen LogP contribution in [0.1, 0.15) is 22.3 Å². The lowest BCUT2D eigenvalue weighted by molar-refractivity contribution is -0.0248. The summed E-state index contributed by atoms with van der Waals surface area (Å²) in [6.45, 7) is 1.46. The second-order valence-corrected chi connectivity index (χ2v) is 5.24. The Balaban J connectivity index is 1.80. The molecule has 0 aromatic carbocycles. The highest BCUT2D eigenvalue weighted by Gasteiger charge is 2.29. The van der Waals surface area contributed by atoms with Crippen LogP contribution < -0.4 is 4.90 Å². The van der Waals surface area contributed by atoms with Gasteiger partial charge >= 0.3 is 0 Å². The van der Waals surface area contributed by atoms with Gasteiger partial charge in [0.15, 0.2) is 5.82 Å². The summed E-state index contributed by atoms with van der Waals surface area (Å²) in [4.78, 5) is 24.8. The third kappa shape index (κ3) is 2.77. The van der Waals surface area contributed by atoms with Gasteiger partial charge in [0.1, 0.15) is 17.5 Å². The number of carbonyl (C=O) groups excluding carboxylic acids is 1.